The Bertz CT molecular complexity index is 970. The van der Waals surface area contributed by atoms with E-state index in [1.165, 1.54) is 28.2 Å². The van der Waals surface area contributed by atoms with E-state index in [4.69, 9.17) is 0 Å². The number of hydrazine groups is 1. The topological polar surface area (TPSA) is 36.4 Å². The van der Waals surface area contributed by atoms with Crippen LogP contribution < -0.4 is 0 Å². The van der Waals surface area contributed by atoms with Gasteiger partial charge in [0.25, 0.3) is 5.91 Å². The summed E-state index contributed by atoms with van der Waals surface area (Å²) in [6, 6.07) is 14.2. The van der Waals surface area contributed by atoms with E-state index in [0.717, 1.165) is 16.8 Å². The second-order valence-corrected chi connectivity index (χ2v) is 6.28. The average molecular weight is 373 g/mol. The molecule has 4 nitrogen and oxygen atoms in total. The predicted octanol–water partition coefficient (Wildman–Crippen LogP) is 4.37. The number of carbonyl (C=O) groups is 1. The van der Waals surface area contributed by atoms with Crippen molar-refractivity contribution in [3.05, 3.63) is 77.6 Å². The highest BCUT2D eigenvalue weighted by atomic mass is 19.4. The lowest BCUT2D eigenvalue weighted by atomic mass is 10.1. The largest absolute Gasteiger partial charge is 0.417 e. The number of benzene rings is 2. The van der Waals surface area contributed by atoms with Crippen LogP contribution in [0.4, 0.5) is 13.2 Å². The van der Waals surface area contributed by atoms with Gasteiger partial charge in [0.2, 0.25) is 0 Å². The Kier molecular flexibility index (Phi) is 5.14. The molecule has 0 unspecified atom stereocenters. The number of hydrogen-bond donors (Lipinski definition) is 0. The van der Waals surface area contributed by atoms with E-state index < -0.39 is 17.6 Å². The van der Waals surface area contributed by atoms with E-state index in [2.05, 4.69) is 4.98 Å². The Hall–Kier alpha value is -2.93. The average Bonchev–Trinajstić information content (AvgIpc) is 2.64. The molecule has 140 valence electrons. The first-order chi connectivity index (χ1) is 12.8. The molecule has 0 aliphatic heterocycles. The van der Waals surface area contributed by atoms with Gasteiger partial charge in [-0.3, -0.25) is 14.8 Å². The number of amides is 1. The molecule has 0 saturated carbocycles. The summed E-state index contributed by atoms with van der Waals surface area (Å²) in [6.45, 7) is 0.0584. The zero-order valence-corrected chi connectivity index (χ0v) is 14.9. The van der Waals surface area contributed by atoms with Crippen molar-refractivity contribution in [2.75, 3.05) is 14.1 Å². The summed E-state index contributed by atoms with van der Waals surface area (Å²) in [7, 11) is 3.21. The standard InChI is InChI=1S/C20H18F3N3O/c1-25(2)26(13-16-11-14-7-3-4-8-15(14)12-24-16)19(27)17-9-5-6-10-18(17)20(21,22)23/h3-12H,13H2,1-2H3. The van der Waals surface area contributed by atoms with Crippen molar-refractivity contribution < 1.29 is 18.0 Å². The second-order valence-electron chi connectivity index (χ2n) is 6.28. The molecule has 0 aliphatic rings. The lowest BCUT2D eigenvalue weighted by molar-refractivity contribution is -0.138. The van der Waals surface area contributed by atoms with Gasteiger partial charge in [0.15, 0.2) is 0 Å². The second kappa shape index (κ2) is 7.36. The fourth-order valence-corrected chi connectivity index (χ4v) is 2.82. The Morgan fingerprint density at radius 2 is 1.63 bits per heavy atom. The van der Waals surface area contributed by atoms with Crippen LogP contribution in [0, 0.1) is 0 Å². The first-order valence-electron chi connectivity index (χ1n) is 8.26. The van der Waals surface area contributed by atoms with Crippen LogP contribution in [0.25, 0.3) is 10.8 Å². The van der Waals surface area contributed by atoms with Crippen LogP contribution in [0.3, 0.4) is 0 Å². The van der Waals surface area contributed by atoms with Crippen molar-refractivity contribution in [1.82, 2.24) is 15.0 Å². The van der Waals surface area contributed by atoms with Gasteiger partial charge in [-0.2, -0.15) is 13.2 Å². The molecule has 7 heteroatoms. The van der Waals surface area contributed by atoms with Crippen LogP contribution in [0.5, 0.6) is 0 Å². The molecule has 1 aromatic heterocycles. The van der Waals surface area contributed by atoms with Crippen molar-refractivity contribution in [3.8, 4) is 0 Å². The summed E-state index contributed by atoms with van der Waals surface area (Å²) >= 11 is 0. The van der Waals surface area contributed by atoms with Crippen LogP contribution in [-0.2, 0) is 12.7 Å². The normalized spacial score (nSPS) is 11.8. The maximum Gasteiger partial charge on any atom is 0.417 e. The number of aromatic nitrogens is 1. The predicted molar refractivity (Wildman–Crippen MR) is 96.7 cm³/mol. The minimum absolute atomic E-state index is 0.0584. The molecule has 0 spiro atoms. The highest BCUT2D eigenvalue weighted by Crippen LogP contribution is 2.32. The number of alkyl halides is 3. The molecule has 0 radical (unpaired) electrons. The van der Waals surface area contributed by atoms with Gasteiger partial charge >= 0.3 is 6.18 Å². The number of rotatable bonds is 4. The van der Waals surface area contributed by atoms with Crippen LogP contribution in [-0.4, -0.2) is 35.0 Å². The number of hydrogen-bond acceptors (Lipinski definition) is 3. The van der Waals surface area contributed by atoms with E-state index in [1.54, 1.807) is 20.3 Å². The maximum atomic E-state index is 13.3. The minimum atomic E-state index is -4.61. The molecule has 27 heavy (non-hydrogen) atoms. The lowest BCUT2D eigenvalue weighted by Crippen LogP contribution is -2.42. The zero-order valence-electron chi connectivity index (χ0n) is 14.9. The molecule has 3 rings (SSSR count). The number of pyridine rings is 1. The molecular formula is C20H18F3N3O. The van der Waals surface area contributed by atoms with E-state index in [1.807, 2.05) is 30.3 Å². The third kappa shape index (κ3) is 4.09. The van der Waals surface area contributed by atoms with Gasteiger partial charge in [0, 0.05) is 25.7 Å². The van der Waals surface area contributed by atoms with Crippen LogP contribution in [0.15, 0.2) is 60.8 Å². The van der Waals surface area contributed by atoms with E-state index in [-0.39, 0.29) is 12.1 Å². The Morgan fingerprint density at radius 3 is 2.30 bits per heavy atom. The number of carbonyl (C=O) groups excluding carboxylic acids is 1. The first-order valence-corrected chi connectivity index (χ1v) is 8.26. The van der Waals surface area contributed by atoms with Gasteiger partial charge in [-0.05, 0) is 23.6 Å². The Balaban J connectivity index is 1.95. The van der Waals surface area contributed by atoms with Gasteiger partial charge in [-0.25, -0.2) is 5.01 Å². The maximum absolute atomic E-state index is 13.3. The summed E-state index contributed by atoms with van der Waals surface area (Å²) < 4.78 is 39.8. The van der Waals surface area contributed by atoms with Gasteiger partial charge in [0.05, 0.1) is 23.4 Å². The van der Waals surface area contributed by atoms with Crippen LogP contribution in [0.1, 0.15) is 21.6 Å². The molecular weight excluding hydrogens is 355 g/mol. The quantitative estimate of drug-likeness (QED) is 0.637. The highest BCUT2D eigenvalue weighted by molar-refractivity contribution is 5.95. The monoisotopic (exact) mass is 373 g/mol. The fraction of sp³-hybridized carbons (Fsp3) is 0.200. The Morgan fingerprint density at radius 1 is 1.00 bits per heavy atom. The van der Waals surface area contributed by atoms with Crippen LogP contribution in [0.2, 0.25) is 0 Å². The highest BCUT2D eigenvalue weighted by Gasteiger charge is 2.36. The first kappa shape index (κ1) is 18.8. The fourth-order valence-electron chi connectivity index (χ4n) is 2.82. The third-order valence-corrected chi connectivity index (χ3v) is 4.18. The van der Waals surface area contributed by atoms with Crippen molar-refractivity contribution in [2.24, 2.45) is 0 Å². The van der Waals surface area contributed by atoms with Gasteiger partial charge in [-0.1, -0.05) is 36.4 Å². The molecule has 1 amide bonds. The summed E-state index contributed by atoms with van der Waals surface area (Å²) in [5.41, 5.74) is -0.756. The molecule has 2 aromatic carbocycles. The third-order valence-electron chi connectivity index (χ3n) is 4.18. The number of nitrogens with zero attached hydrogens (tertiary/aromatic N) is 3. The SMILES string of the molecule is CN(C)N(Cc1cc2ccccc2cn1)C(=O)c1ccccc1C(F)(F)F. The molecule has 0 fully saturated rings. The lowest BCUT2D eigenvalue weighted by Gasteiger charge is -2.29. The molecule has 0 aliphatic carbocycles. The van der Waals surface area contributed by atoms with Crippen LogP contribution >= 0.6 is 0 Å². The number of fused-ring (bicyclic) bond motifs is 1. The molecule has 0 N–H and O–H groups in total. The van der Waals surface area contributed by atoms with Crippen molar-refractivity contribution in [2.45, 2.75) is 12.7 Å². The summed E-state index contributed by atoms with van der Waals surface area (Å²) in [6.07, 6.45) is -2.92. The Labute approximate surface area is 154 Å². The van der Waals surface area contributed by atoms with Crippen molar-refractivity contribution in [3.63, 3.8) is 0 Å². The van der Waals surface area contributed by atoms with E-state index in [9.17, 15) is 18.0 Å². The van der Waals surface area contributed by atoms with Crippen molar-refractivity contribution >= 4 is 16.7 Å². The summed E-state index contributed by atoms with van der Waals surface area (Å²) in [4.78, 5) is 17.2. The molecule has 0 bridgehead atoms. The van der Waals surface area contributed by atoms with Gasteiger partial charge in [-0.15, -0.1) is 0 Å². The number of halogens is 3. The van der Waals surface area contributed by atoms with E-state index in [0.29, 0.717) is 5.69 Å². The summed E-state index contributed by atoms with van der Waals surface area (Å²) in [5, 5.41) is 4.60. The van der Waals surface area contributed by atoms with E-state index >= 15 is 0 Å². The molecule has 0 atom stereocenters. The molecule has 1 heterocycles. The van der Waals surface area contributed by atoms with Gasteiger partial charge < -0.3 is 0 Å². The zero-order chi connectivity index (χ0) is 19.6. The van der Waals surface area contributed by atoms with Crippen molar-refractivity contribution in [1.29, 1.82) is 0 Å². The van der Waals surface area contributed by atoms with Gasteiger partial charge in [0.1, 0.15) is 0 Å². The smallest absolute Gasteiger partial charge is 0.268 e. The summed E-state index contributed by atoms with van der Waals surface area (Å²) in [5.74, 6) is -0.733. The molecule has 0 saturated heterocycles. The molecule has 3 aromatic rings. The minimum Gasteiger partial charge on any atom is -0.268 e.